The summed E-state index contributed by atoms with van der Waals surface area (Å²) >= 11 is 3.38. The lowest BCUT2D eigenvalue weighted by Gasteiger charge is -2.09. The van der Waals surface area contributed by atoms with Crippen LogP contribution < -0.4 is 10.1 Å². The SMILES string of the molecule is COc1cc(NCc2cccc(C(=O)O)n2)ccc1Br. The number of carboxylic acids is 1. The van der Waals surface area contributed by atoms with Gasteiger partial charge in [-0.25, -0.2) is 9.78 Å². The van der Waals surface area contributed by atoms with E-state index in [0.29, 0.717) is 12.2 Å². The first-order chi connectivity index (χ1) is 9.60. The molecule has 0 saturated carbocycles. The predicted octanol–water partition coefficient (Wildman–Crippen LogP) is 3.16. The van der Waals surface area contributed by atoms with Crippen molar-refractivity contribution in [1.82, 2.24) is 4.98 Å². The van der Waals surface area contributed by atoms with Gasteiger partial charge < -0.3 is 15.2 Å². The molecule has 2 rings (SSSR count). The summed E-state index contributed by atoms with van der Waals surface area (Å²) in [6.45, 7) is 0.436. The van der Waals surface area contributed by atoms with E-state index in [1.165, 1.54) is 6.07 Å². The molecular weight excluding hydrogens is 324 g/mol. The van der Waals surface area contributed by atoms with Crippen molar-refractivity contribution in [2.24, 2.45) is 0 Å². The van der Waals surface area contributed by atoms with E-state index < -0.39 is 5.97 Å². The Kier molecular flexibility index (Phi) is 4.57. The molecule has 104 valence electrons. The van der Waals surface area contributed by atoms with Crippen LogP contribution in [0.15, 0.2) is 40.9 Å². The van der Waals surface area contributed by atoms with Crippen LogP contribution in [0.1, 0.15) is 16.2 Å². The van der Waals surface area contributed by atoms with Crippen LogP contribution in [0.3, 0.4) is 0 Å². The smallest absolute Gasteiger partial charge is 0.354 e. The molecule has 0 unspecified atom stereocenters. The number of anilines is 1. The van der Waals surface area contributed by atoms with Crippen LogP contribution in [0.4, 0.5) is 5.69 Å². The highest BCUT2D eigenvalue weighted by molar-refractivity contribution is 9.10. The fraction of sp³-hybridized carbons (Fsp3) is 0.143. The standard InChI is InChI=1S/C14H13BrN2O3/c1-20-13-7-9(5-6-11(13)15)16-8-10-3-2-4-12(17-10)14(18)19/h2-7,16H,8H2,1H3,(H,18,19). The van der Waals surface area contributed by atoms with Crippen molar-refractivity contribution in [1.29, 1.82) is 0 Å². The fourth-order valence-electron chi connectivity index (χ4n) is 1.66. The number of hydrogen-bond donors (Lipinski definition) is 2. The van der Waals surface area contributed by atoms with Crippen LogP contribution in [-0.2, 0) is 6.54 Å². The number of aromatic carboxylic acids is 1. The summed E-state index contributed by atoms with van der Waals surface area (Å²) < 4.78 is 6.08. The van der Waals surface area contributed by atoms with Crippen molar-refractivity contribution >= 4 is 27.6 Å². The zero-order valence-electron chi connectivity index (χ0n) is 10.8. The third-order valence-electron chi connectivity index (χ3n) is 2.65. The number of rotatable bonds is 5. The minimum absolute atomic E-state index is 0.0395. The Morgan fingerprint density at radius 1 is 1.40 bits per heavy atom. The third-order valence-corrected chi connectivity index (χ3v) is 3.31. The molecule has 20 heavy (non-hydrogen) atoms. The van der Waals surface area contributed by atoms with Gasteiger partial charge in [0, 0.05) is 11.8 Å². The summed E-state index contributed by atoms with van der Waals surface area (Å²) in [4.78, 5) is 14.9. The first-order valence-electron chi connectivity index (χ1n) is 5.87. The van der Waals surface area contributed by atoms with Gasteiger partial charge in [-0.05, 0) is 40.2 Å². The number of carboxylic acid groups (broad SMARTS) is 1. The summed E-state index contributed by atoms with van der Waals surface area (Å²) in [5.41, 5.74) is 1.57. The number of benzene rings is 1. The molecule has 0 amide bonds. The fourth-order valence-corrected chi connectivity index (χ4v) is 2.07. The molecule has 0 aliphatic carbocycles. The Morgan fingerprint density at radius 3 is 2.90 bits per heavy atom. The molecular formula is C14H13BrN2O3. The number of methoxy groups -OCH3 is 1. The van der Waals surface area contributed by atoms with Crippen molar-refractivity contribution in [3.63, 3.8) is 0 Å². The molecule has 0 atom stereocenters. The number of nitrogens with one attached hydrogen (secondary N) is 1. The second kappa shape index (κ2) is 6.38. The number of carbonyl (C=O) groups is 1. The van der Waals surface area contributed by atoms with Gasteiger partial charge >= 0.3 is 5.97 Å². The molecule has 0 spiro atoms. The van der Waals surface area contributed by atoms with E-state index in [4.69, 9.17) is 9.84 Å². The molecule has 2 aromatic rings. The molecule has 0 aliphatic heterocycles. The van der Waals surface area contributed by atoms with Gasteiger partial charge in [0.2, 0.25) is 0 Å². The molecule has 0 aliphatic rings. The molecule has 1 heterocycles. The second-order valence-electron chi connectivity index (χ2n) is 4.02. The van der Waals surface area contributed by atoms with Gasteiger partial charge in [0.25, 0.3) is 0 Å². The molecule has 6 heteroatoms. The highest BCUT2D eigenvalue weighted by atomic mass is 79.9. The average molecular weight is 337 g/mol. The van der Waals surface area contributed by atoms with Gasteiger partial charge in [0.05, 0.1) is 23.8 Å². The minimum atomic E-state index is -1.03. The molecule has 1 aromatic heterocycles. The molecule has 0 fully saturated rings. The lowest BCUT2D eigenvalue weighted by Crippen LogP contribution is -2.06. The third kappa shape index (κ3) is 3.48. The normalized spacial score (nSPS) is 10.1. The minimum Gasteiger partial charge on any atom is -0.495 e. The van der Waals surface area contributed by atoms with E-state index in [-0.39, 0.29) is 5.69 Å². The van der Waals surface area contributed by atoms with Crippen molar-refractivity contribution in [2.45, 2.75) is 6.54 Å². The maximum atomic E-state index is 10.8. The zero-order valence-corrected chi connectivity index (χ0v) is 12.3. The van der Waals surface area contributed by atoms with E-state index >= 15 is 0 Å². The Labute approximate surface area is 124 Å². The summed E-state index contributed by atoms with van der Waals surface area (Å²) in [5.74, 6) is -0.306. The van der Waals surface area contributed by atoms with Gasteiger partial charge in [-0.2, -0.15) is 0 Å². The number of pyridine rings is 1. The molecule has 0 saturated heterocycles. The number of halogens is 1. The summed E-state index contributed by atoms with van der Waals surface area (Å²) in [5, 5.41) is 12.1. The van der Waals surface area contributed by atoms with E-state index in [0.717, 1.165) is 15.9 Å². The first-order valence-corrected chi connectivity index (χ1v) is 6.66. The van der Waals surface area contributed by atoms with Gasteiger partial charge in [0.1, 0.15) is 11.4 Å². The second-order valence-corrected chi connectivity index (χ2v) is 4.88. The van der Waals surface area contributed by atoms with E-state index in [9.17, 15) is 4.79 Å². The lowest BCUT2D eigenvalue weighted by molar-refractivity contribution is 0.0690. The highest BCUT2D eigenvalue weighted by Gasteiger charge is 2.05. The van der Waals surface area contributed by atoms with Crippen molar-refractivity contribution in [2.75, 3.05) is 12.4 Å². The average Bonchev–Trinajstić information content (AvgIpc) is 2.46. The maximum Gasteiger partial charge on any atom is 0.354 e. The lowest BCUT2D eigenvalue weighted by atomic mass is 10.2. The van der Waals surface area contributed by atoms with Crippen molar-refractivity contribution < 1.29 is 14.6 Å². The van der Waals surface area contributed by atoms with Crippen LogP contribution in [0.2, 0.25) is 0 Å². The summed E-state index contributed by atoms with van der Waals surface area (Å²) in [6.07, 6.45) is 0. The Balaban J connectivity index is 2.08. The monoisotopic (exact) mass is 336 g/mol. The molecule has 1 aromatic carbocycles. The first kappa shape index (κ1) is 14.3. The number of hydrogen-bond acceptors (Lipinski definition) is 4. The topological polar surface area (TPSA) is 71.5 Å². The van der Waals surface area contributed by atoms with Gasteiger partial charge in [-0.1, -0.05) is 6.07 Å². The number of aromatic nitrogens is 1. The Bertz CT molecular complexity index is 632. The van der Waals surface area contributed by atoms with E-state index in [1.54, 1.807) is 19.2 Å². The van der Waals surface area contributed by atoms with Crippen LogP contribution in [0.25, 0.3) is 0 Å². The van der Waals surface area contributed by atoms with E-state index in [1.807, 2.05) is 18.2 Å². The maximum absolute atomic E-state index is 10.8. The van der Waals surface area contributed by atoms with Crippen molar-refractivity contribution in [3.05, 3.63) is 52.3 Å². The van der Waals surface area contributed by atoms with Crippen LogP contribution in [0.5, 0.6) is 5.75 Å². The van der Waals surface area contributed by atoms with E-state index in [2.05, 4.69) is 26.2 Å². The van der Waals surface area contributed by atoms with Gasteiger partial charge in [-0.3, -0.25) is 0 Å². The zero-order chi connectivity index (χ0) is 14.5. The Hall–Kier alpha value is -2.08. The van der Waals surface area contributed by atoms with Crippen molar-refractivity contribution in [3.8, 4) is 5.75 Å². The molecule has 2 N–H and O–H groups in total. The predicted molar refractivity (Wildman–Crippen MR) is 79.2 cm³/mol. The van der Waals surface area contributed by atoms with Crippen LogP contribution in [-0.4, -0.2) is 23.2 Å². The number of ether oxygens (including phenoxy) is 1. The quantitative estimate of drug-likeness (QED) is 0.877. The van der Waals surface area contributed by atoms with Crippen LogP contribution in [0, 0.1) is 0 Å². The van der Waals surface area contributed by atoms with Crippen LogP contribution >= 0.6 is 15.9 Å². The Morgan fingerprint density at radius 2 is 2.20 bits per heavy atom. The largest absolute Gasteiger partial charge is 0.495 e. The molecule has 0 radical (unpaired) electrons. The highest BCUT2D eigenvalue weighted by Crippen LogP contribution is 2.27. The van der Waals surface area contributed by atoms with Gasteiger partial charge in [-0.15, -0.1) is 0 Å². The number of nitrogens with zero attached hydrogens (tertiary/aromatic N) is 1. The molecule has 0 bridgehead atoms. The van der Waals surface area contributed by atoms with Gasteiger partial charge in [0.15, 0.2) is 0 Å². The summed E-state index contributed by atoms with van der Waals surface area (Å²) in [7, 11) is 1.60. The molecule has 5 nitrogen and oxygen atoms in total. The summed E-state index contributed by atoms with van der Waals surface area (Å²) in [6, 6.07) is 10.5.